The van der Waals surface area contributed by atoms with E-state index in [1.165, 1.54) is 0 Å². The fourth-order valence-electron chi connectivity index (χ4n) is 2.76. The second-order valence-electron chi connectivity index (χ2n) is 7.17. The van der Waals surface area contributed by atoms with Gasteiger partial charge < -0.3 is 10.1 Å². The molecule has 0 bridgehead atoms. The molecule has 7 heteroatoms. The van der Waals surface area contributed by atoms with E-state index in [2.05, 4.69) is 5.32 Å². The zero-order valence-corrected chi connectivity index (χ0v) is 15.0. The summed E-state index contributed by atoms with van der Waals surface area (Å²) in [7, 11) is -3.40. The van der Waals surface area contributed by atoms with E-state index in [1.54, 1.807) is 0 Å². The molecule has 1 rings (SSSR count). The maximum absolute atomic E-state index is 11.6. The van der Waals surface area contributed by atoms with Gasteiger partial charge in [0.1, 0.15) is 5.60 Å². The molecule has 130 valence electrons. The highest BCUT2D eigenvalue weighted by atomic mass is 32.2. The SMILES string of the molecule is CC(OS(C)(=O)=O)C1CCC(CNC(=O)OC(C)(C)C)CC1. The van der Waals surface area contributed by atoms with Crippen molar-refractivity contribution in [1.29, 1.82) is 0 Å². The van der Waals surface area contributed by atoms with Crippen LogP contribution in [0.2, 0.25) is 0 Å². The fraction of sp³-hybridized carbons (Fsp3) is 0.933. The molecule has 0 radical (unpaired) electrons. The lowest BCUT2D eigenvalue weighted by molar-refractivity contribution is 0.0505. The first-order valence-corrected chi connectivity index (χ1v) is 9.63. The van der Waals surface area contributed by atoms with E-state index in [0.29, 0.717) is 12.5 Å². The smallest absolute Gasteiger partial charge is 0.407 e. The quantitative estimate of drug-likeness (QED) is 0.781. The van der Waals surface area contributed by atoms with Crippen molar-refractivity contribution in [3.05, 3.63) is 0 Å². The van der Waals surface area contributed by atoms with Crippen molar-refractivity contribution >= 4 is 16.2 Å². The number of amides is 1. The summed E-state index contributed by atoms with van der Waals surface area (Å²) in [6.45, 7) is 7.91. The highest BCUT2D eigenvalue weighted by Gasteiger charge is 2.28. The Morgan fingerprint density at radius 2 is 1.77 bits per heavy atom. The van der Waals surface area contributed by atoms with Crippen LogP contribution in [0.4, 0.5) is 4.79 Å². The van der Waals surface area contributed by atoms with Gasteiger partial charge in [-0.1, -0.05) is 0 Å². The predicted octanol–water partition coefficient (Wildman–Crippen LogP) is 2.68. The molecule has 0 aliphatic heterocycles. The van der Waals surface area contributed by atoms with Crippen molar-refractivity contribution in [2.45, 2.75) is 65.1 Å². The first-order chi connectivity index (χ1) is 9.96. The molecule has 0 aromatic rings. The maximum Gasteiger partial charge on any atom is 0.407 e. The summed E-state index contributed by atoms with van der Waals surface area (Å²) in [5.41, 5.74) is -0.486. The van der Waals surface area contributed by atoms with Crippen LogP contribution in [0.5, 0.6) is 0 Å². The lowest BCUT2D eigenvalue weighted by atomic mass is 9.80. The summed E-state index contributed by atoms with van der Waals surface area (Å²) in [6, 6.07) is 0. The number of carbonyl (C=O) groups excluding carboxylic acids is 1. The van der Waals surface area contributed by atoms with Crippen LogP contribution in [0.1, 0.15) is 53.4 Å². The number of ether oxygens (including phenoxy) is 1. The highest BCUT2D eigenvalue weighted by Crippen LogP contribution is 2.32. The van der Waals surface area contributed by atoms with Crippen LogP contribution in [-0.4, -0.2) is 39.0 Å². The number of carbonyl (C=O) groups is 1. The number of nitrogens with one attached hydrogen (secondary N) is 1. The van der Waals surface area contributed by atoms with Crippen molar-refractivity contribution in [3.63, 3.8) is 0 Å². The van der Waals surface area contributed by atoms with Gasteiger partial charge in [-0.15, -0.1) is 0 Å². The Labute approximate surface area is 134 Å². The second-order valence-corrected chi connectivity index (χ2v) is 8.77. The van der Waals surface area contributed by atoms with Crippen LogP contribution < -0.4 is 5.32 Å². The number of hydrogen-bond acceptors (Lipinski definition) is 5. The van der Waals surface area contributed by atoms with Gasteiger partial charge in [0.15, 0.2) is 0 Å². The zero-order valence-electron chi connectivity index (χ0n) is 14.2. The van der Waals surface area contributed by atoms with Crippen LogP contribution in [-0.2, 0) is 19.0 Å². The Morgan fingerprint density at radius 3 is 2.23 bits per heavy atom. The van der Waals surface area contributed by atoms with Gasteiger partial charge in [-0.25, -0.2) is 4.79 Å². The van der Waals surface area contributed by atoms with Crippen molar-refractivity contribution in [3.8, 4) is 0 Å². The van der Waals surface area contributed by atoms with Gasteiger partial charge in [0.2, 0.25) is 0 Å². The van der Waals surface area contributed by atoms with Crippen LogP contribution in [0.25, 0.3) is 0 Å². The molecule has 0 aromatic carbocycles. The molecule has 1 N–H and O–H groups in total. The molecular formula is C15H29NO5S. The first kappa shape index (κ1) is 19.2. The molecule has 22 heavy (non-hydrogen) atoms. The Kier molecular flexibility index (Phi) is 6.67. The fourth-order valence-corrected chi connectivity index (χ4v) is 3.47. The van der Waals surface area contributed by atoms with Crippen LogP contribution >= 0.6 is 0 Å². The third-order valence-corrected chi connectivity index (χ3v) is 4.47. The van der Waals surface area contributed by atoms with Crippen molar-refractivity contribution in [2.75, 3.05) is 12.8 Å². The van der Waals surface area contributed by atoms with Crippen molar-refractivity contribution < 1.29 is 22.1 Å². The molecule has 0 heterocycles. The first-order valence-electron chi connectivity index (χ1n) is 7.81. The van der Waals surface area contributed by atoms with E-state index in [-0.39, 0.29) is 18.1 Å². The van der Waals surface area contributed by atoms with E-state index >= 15 is 0 Å². The number of alkyl carbamates (subject to hydrolysis) is 1. The average molecular weight is 335 g/mol. The molecule has 1 atom stereocenters. The van der Waals surface area contributed by atoms with E-state index < -0.39 is 15.7 Å². The van der Waals surface area contributed by atoms with Crippen LogP contribution in [0.3, 0.4) is 0 Å². The Morgan fingerprint density at radius 1 is 1.23 bits per heavy atom. The average Bonchev–Trinajstić information content (AvgIpc) is 2.33. The molecule has 0 aromatic heterocycles. The topological polar surface area (TPSA) is 81.7 Å². The lowest BCUT2D eigenvalue weighted by Crippen LogP contribution is -2.37. The molecule has 1 saturated carbocycles. The van der Waals surface area contributed by atoms with E-state index in [9.17, 15) is 13.2 Å². The third-order valence-electron chi connectivity index (χ3n) is 3.82. The largest absolute Gasteiger partial charge is 0.444 e. The number of rotatable bonds is 5. The molecule has 6 nitrogen and oxygen atoms in total. The highest BCUT2D eigenvalue weighted by molar-refractivity contribution is 7.86. The molecule has 0 saturated heterocycles. The minimum Gasteiger partial charge on any atom is -0.444 e. The summed E-state index contributed by atoms with van der Waals surface area (Å²) < 4.78 is 32.6. The zero-order chi connectivity index (χ0) is 17.0. The van der Waals surface area contributed by atoms with Gasteiger partial charge in [-0.05, 0) is 65.2 Å². The minimum atomic E-state index is -3.40. The monoisotopic (exact) mass is 335 g/mol. The van der Waals surface area contributed by atoms with Gasteiger partial charge in [-0.2, -0.15) is 8.42 Å². The molecule has 1 unspecified atom stereocenters. The Hall–Kier alpha value is -0.820. The normalized spacial score (nSPS) is 24.6. The summed E-state index contributed by atoms with van der Waals surface area (Å²) in [5, 5.41) is 2.80. The predicted molar refractivity (Wildman–Crippen MR) is 85.1 cm³/mol. The van der Waals surface area contributed by atoms with Crippen LogP contribution in [0.15, 0.2) is 0 Å². The molecule has 1 amide bonds. The Bertz CT molecular complexity index is 461. The Balaban J connectivity index is 2.29. The van der Waals surface area contributed by atoms with Gasteiger partial charge in [0.25, 0.3) is 10.1 Å². The maximum atomic E-state index is 11.6. The van der Waals surface area contributed by atoms with E-state index in [1.807, 2.05) is 27.7 Å². The number of hydrogen-bond donors (Lipinski definition) is 1. The third kappa shape index (κ3) is 7.98. The lowest BCUT2D eigenvalue weighted by Gasteiger charge is -2.31. The molecular weight excluding hydrogens is 306 g/mol. The van der Waals surface area contributed by atoms with E-state index in [0.717, 1.165) is 31.9 Å². The van der Waals surface area contributed by atoms with Crippen molar-refractivity contribution in [2.24, 2.45) is 11.8 Å². The van der Waals surface area contributed by atoms with Gasteiger partial charge in [0, 0.05) is 6.54 Å². The standard InChI is InChI=1S/C15H29NO5S/c1-11(21-22(5,18)19)13-8-6-12(7-9-13)10-16-14(17)20-15(2,3)4/h11-13H,6-10H2,1-5H3,(H,16,17). The van der Waals surface area contributed by atoms with Crippen molar-refractivity contribution in [1.82, 2.24) is 5.32 Å². The second kappa shape index (κ2) is 7.64. The van der Waals surface area contributed by atoms with Crippen LogP contribution in [0, 0.1) is 11.8 Å². The summed E-state index contributed by atoms with van der Waals surface area (Å²) >= 11 is 0. The van der Waals surface area contributed by atoms with Gasteiger partial charge in [-0.3, -0.25) is 4.18 Å². The van der Waals surface area contributed by atoms with Gasteiger partial charge >= 0.3 is 6.09 Å². The summed E-state index contributed by atoms with van der Waals surface area (Å²) in [6.07, 6.45) is 4.16. The van der Waals surface area contributed by atoms with Gasteiger partial charge in [0.05, 0.1) is 12.4 Å². The molecule has 1 aliphatic rings. The van der Waals surface area contributed by atoms with E-state index in [4.69, 9.17) is 8.92 Å². The molecule has 0 spiro atoms. The molecule has 1 aliphatic carbocycles. The summed E-state index contributed by atoms with van der Waals surface area (Å²) in [4.78, 5) is 11.6. The summed E-state index contributed by atoms with van der Waals surface area (Å²) in [5.74, 6) is 0.668. The minimum absolute atomic E-state index is 0.257. The molecule has 1 fully saturated rings.